The lowest BCUT2D eigenvalue weighted by molar-refractivity contribution is -0.141. The molecule has 0 heterocycles. The van der Waals surface area contributed by atoms with Crippen LogP contribution in [0.15, 0.2) is 12.1 Å². The highest BCUT2D eigenvalue weighted by Gasteiger charge is 2.23. The molecule has 0 aliphatic carbocycles. The zero-order valence-corrected chi connectivity index (χ0v) is 10.7. The molecule has 4 N–H and O–H groups in total. The van der Waals surface area contributed by atoms with Gasteiger partial charge in [0, 0.05) is 11.6 Å². The van der Waals surface area contributed by atoms with Gasteiger partial charge < -0.3 is 20.7 Å². The molecule has 106 valence electrons. The van der Waals surface area contributed by atoms with Crippen molar-refractivity contribution >= 4 is 24.3 Å². The predicted molar refractivity (Wildman–Crippen MR) is 65.8 cm³/mol. The molecule has 0 amide bonds. The molecule has 0 aromatic heterocycles. The Bertz CT molecular complexity index is 494. The van der Waals surface area contributed by atoms with Crippen molar-refractivity contribution in [2.45, 2.75) is 12.5 Å². The summed E-state index contributed by atoms with van der Waals surface area (Å²) in [5.74, 6) is -3.77. The van der Waals surface area contributed by atoms with Crippen molar-refractivity contribution in [3.05, 3.63) is 29.1 Å². The minimum atomic E-state index is -1.42. The minimum Gasteiger partial charge on any atom is -0.507 e. The van der Waals surface area contributed by atoms with Crippen molar-refractivity contribution in [3.63, 3.8) is 0 Å². The summed E-state index contributed by atoms with van der Waals surface area (Å²) in [5, 5.41) is 18.4. The first-order valence-corrected chi connectivity index (χ1v) is 4.95. The van der Waals surface area contributed by atoms with E-state index in [1.165, 1.54) is 0 Å². The van der Waals surface area contributed by atoms with Gasteiger partial charge in [0.2, 0.25) is 0 Å². The molecule has 8 heteroatoms. The van der Waals surface area contributed by atoms with E-state index in [1.807, 2.05) is 0 Å². The average Bonchev–Trinajstić information content (AvgIpc) is 2.28. The summed E-state index contributed by atoms with van der Waals surface area (Å²) in [5.41, 5.74) is 4.65. The summed E-state index contributed by atoms with van der Waals surface area (Å²) in [7, 11) is 1.14. The number of carboxylic acid groups (broad SMARTS) is 1. The van der Waals surface area contributed by atoms with Crippen LogP contribution >= 0.6 is 12.4 Å². The molecule has 0 saturated heterocycles. The SMILES string of the molecule is COC(=O)C[C@H](N)c1c(F)ccc(C(=O)O)c1O.Cl. The number of phenols is 1. The van der Waals surface area contributed by atoms with Gasteiger partial charge in [-0.3, -0.25) is 4.79 Å². The summed E-state index contributed by atoms with van der Waals surface area (Å²) in [6.45, 7) is 0. The predicted octanol–water partition coefficient (Wildman–Crippen LogP) is 1.21. The van der Waals surface area contributed by atoms with Crippen LogP contribution in [0.3, 0.4) is 0 Å². The Morgan fingerprint density at radius 2 is 2.05 bits per heavy atom. The molecule has 19 heavy (non-hydrogen) atoms. The van der Waals surface area contributed by atoms with Crippen molar-refractivity contribution in [2.75, 3.05) is 7.11 Å². The van der Waals surface area contributed by atoms with E-state index in [1.54, 1.807) is 0 Å². The zero-order chi connectivity index (χ0) is 13.9. The lowest BCUT2D eigenvalue weighted by Gasteiger charge is -2.14. The van der Waals surface area contributed by atoms with Gasteiger partial charge in [0.1, 0.15) is 17.1 Å². The van der Waals surface area contributed by atoms with Crippen molar-refractivity contribution < 1.29 is 28.9 Å². The molecule has 0 radical (unpaired) electrons. The topological polar surface area (TPSA) is 110 Å². The molecule has 1 aromatic rings. The first-order chi connectivity index (χ1) is 8.38. The molecule has 1 atom stereocenters. The molecule has 0 aliphatic rings. The van der Waals surface area contributed by atoms with Crippen LogP contribution in [-0.4, -0.2) is 29.3 Å². The number of hydrogen-bond acceptors (Lipinski definition) is 5. The van der Waals surface area contributed by atoms with Crippen molar-refractivity contribution in [2.24, 2.45) is 5.73 Å². The molecule has 0 spiro atoms. The number of hydrogen-bond donors (Lipinski definition) is 3. The fourth-order valence-corrected chi connectivity index (χ4v) is 1.47. The van der Waals surface area contributed by atoms with Crippen LogP contribution in [0.2, 0.25) is 0 Å². The van der Waals surface area contributed by atoms with Crippen LogP contribution in [0.4, 0.5) is 4.39 Å². The van der Waals surface area contributed by atoms with E-state index in [0.717, 1.165) is 19.2 Å². The first kappa shape index (κ1) is 17.1. The fraction of sp³-hybridized carbons (Fsp3) is 0.273. The van der Waals surface area contributed by atoms with Crippen molar-refractivity contribution in [1.82, 2.24) is 0 Å². The quantitative estimate of drug-likeness (QED) is 0.720. The lowest BCUT2D eigenvalue weighted by Crippen LogP contribution is -2.18. The maximum absolute atomic E-state index is 13.5. The van der Waals surface area contributed by atoms with E-state index in [-0.39, 0.29) is 18.8 Å². The summed E-state index contributed by atoms with van der Waals surface area (Å²) in [4.78, 5) is 21.8. The van der Waals surface area contributed by atoms with Crippen molar-refractivity contribution in [3.8, 4) is 5.75 Å². The van der Waals surface area contributed by atoms with E-state index in [0.29, 0.717) is 0 Å². The summed E-state index contributed by atoms with van der Waals surface area (Å²) in [6, 6.07) is 0.605. The van der Waals surface area contributed by atoms with Gasteiger partial charge in [-0.1, -0.05) is 0 Å². The highest BCUT2D eigenvalue weighted by molar-refractivity contribution is 5.91. The number of aromatic carboxylic acids is 1. The Labute approximate surface area is 114 Å². The second-order valence-electron chi connectivity index (χ2n) is 3.55. The van der Waals surface area contributed by atoms with E-state index < -0.39 is 40.7 Å². The number of benzene rings is 1. The molecule has 1 aromatic carbocycles. The van der Waals surface area contributed by atoms with Crippen LogP contribution in [-0.2, 0) is 9.53 Å². The van der Waals surface area contributed by atoms with Gasteiger partial charge >= 0.3 is 11.9 Å². The van der Waals surface area contributed by atoms with Crippen molar-refractivity contribution in [1.29, 1.82) is 0 Å². The van der Waals surface area contributed by atoms with Crippen LogP contribution < -0.4 is 5.73 Å². The highest BCUT2D eigenvalue weighted by atomic mass is 35.5. The second-order valence-corrected chi connectivity index (χ2v) is 3.55. The number of nitrogens with two attached hydrogens (primary N) is 1. The summed E-state index contributed by atoms with van der Waals surface area (Å²) >= 11 is 0. The number of aromatic hydroxyl groups is 1. The minimum absolute atomic E-state index is 0. The summed E-state index contributed by atoms with van der Waals surface area (Å²) < 4.78 is 17.9. The first-order valence-electron chi connectivity index (χ1n) is 4.95. The van der Waals surface area contributed by atoms with Gasteiger partial charge in [0.25, 0.3) is 0 Å². The number of carbonyl (C=O) groups excluding carboxylic acids is 1. The number of methoxy groups -OCH3 is 1. The highest BCUT2D eigenvalue weighted by Crippen LogP contribution is 2.31. The third-order valence-corrected chi connectivity index (χ3v) is 2.38. The number of halogens is 2. The van der Waals surface area contributed by atoms with Crippen LogP contribution in [0.5, 0.6) is 5.75 Å². The molecule has 0 unspecified atom stereocenters. The van der Waals surface area contributed by atoms with Gasteiger partial charge in [-0.15, -0.1) is 12.4 Å². The van der Waals surface area contributed by atoms with E-state index in [2.05, 4.69) is 4.74 Å². The molecular weight excluding hydrogens is 281 g/mol. The zero-order valence-electron chi connectivity index (χ0n) is 9.92. The Kier molecular flexibility index (Phi) is 6.23. The number of esters is 1. The third-order valence-electron chi connectivity index (χ3n) is 2.38. The molecule has 0 aliphatic heterocycles. The number of rotatable bonds is 4. The van der Waals surface area contributed by atoms with Gasteiger partial charge in [-0.2, -0.15) is 0 Å². The van der Waals surface area contributed by atoms with E-state index >= 15 is 0 Å². The number of carbonyl (C=O) groups is 2. The maximum atomic E-state index is 13.5. The van der Waals surface area contributed by atoms with Gasteiger partial charge in [-0.05, 0) is 12.1 Å². The monoisotopic (exact) mass is 293 g/mol. The normalized spacial score (nSPS) is 11.3. The molecule has 0 fully saturated rings. The fourth-order valence-electron chi connectivity index (χ4n) is 1.47. The van der Waals surface area contributed by atoms with Crippen LogP contribution in [0.1, 0.15) is 28.4 Å². The maximum Gasteiger partial charge on any atom is 0.339 e. The van der Waals surface area contributed by atoms with Gasteiger partial charge in [0.15, 0.2) is 0 Å². The van der Waals surface area contributed by atoms with Crippen LogP contribution in [0.25, 0.3) is 0 Å². The third kappa shape index (κ3) is 3.80. The molecule has 1 rings (SSSR count). The van der Waals surface area contributed by atoms with E-state index in [4.69, 9.17) is 10.8 Å². The Morgan fingerprint density at radius 1 is 1.47 bits per heavy atom. The summed E-state index contributed by atoms with van der Waals surface area (Å²) in [6.07, 6.45) is -0.371. The van der Waals surface area contributed by atoms with Crippen LogP contribution in [0, 0.1) is 5.82 Å². The van der Waals surface area contributed by atoms with E-state index in [9.17, 15) is 19.1 Å². The largest absolute Gasteiger partial charge is 0.507 e. The second kappa shape index (κ2) is 6.91. The standard InChI is InChI=1S/C11H12FNO5.ClH/c1-18-8(14)4-7(13)9-6(12)3-2-5(10(9)15)11(16)17;/h2-3,7,15H,4,13H2,1H3,(H,16,17);1H/t7-;/m0./s1. The Balaban J connectivity index is 0.00000324. The molecule has 0 saturated carbocycles. The Morgan fingerprint density at radius 3 is 2.53 bits per heavy atom. The molecular formula is C11H13ClFNO5. The number of carboxylic acids is 1. The lowest BCUT2D eigenvalue weighted by atomic mass is 9.99. The number of ether oxygens (including phenoxy) is 1. The molecule has 0 bridgehead atoms. The Hall–Kier alpha value is -1.86. The smallest absolute Gasteiger partial charge is 0.339 e. The molecule has 6 nitrogen and oxygen atoms in total. The van der Waals surface area contributed by atoms with Gasteiger partial charge in [0.05, 0.1) is 13.5 Å². The average molecular weight is 294 g/mol. The van der Waals surface area contributed by atoms with Gasteiger partial charge in [-0.25, -0.2) is 9.18 Å².